The average molecular weight is 239 g/mol. The van der Waals surface area contributed by atoms with E-state index in [0.29, 0.717) is 0 Å². The van der Waals surface area contributed by atoms with Crippen LogP contribution in [0.3, 0.4) is 0 Å². The predicted molar refractivity (Wildman–Crippen MR) is 63.6 cm³/mol. The van der Waals surface area contributed by atoms with Gasteiger partial charge < -0.3 is 15.0 Å². The molecular formula is C12H21N3O2. The fourth-order valence-corrected chi connectivity index (χ4v) is 2.08. The molecule has 96 valence electrons. The number of aromatic nitrogens is 2. The maximum Gasteiger partial charge on any atom is 0.226 e. The minimum Gasteiger partial charge on any atom is -0.378 e. The predicted octanol–water partition coefficient (Wildman–Crippen LogP) is 1.46. The van der Waals surface area contributed by atoms with Crippen molar-refractivity contribution >= 4 is 0 Å². The van der Waals surface area contributed by atoms with E-state index in [1.807, 2.05) is 0 Å². The van der Waals surface area contributed by atoms with Crippen LogP contribution in [0.25, 0.3) is 0 Å². The summed E-state index contributed by atoms with van der Waals surface area (Å²) < 4.78 is 10.8. The highest BCUT2D eigenvalue weighted by atomic mass is 16.5. The molecule has 1 atom stereocenters. The van der Waals surface area contributed by atoms with E-state index in [2.05, 4.69) is 10.1 Å². The van der Waals surface area contributed by atoms with Crippen molar-refractivity contribution in [3.8, 4) is 0 Å². The lowest BCUT2D eigenvalue weighted by molar-refractivity contribution is 0.109. The van der Waals surface area contributed by atoms with Gasteiger partial charge in [0.05, 0.1) is 6.10 Å². The largest absolute Gasteiger partial charge is 0.378 e. The highest BCUT2D eigenvalue weighted by Gasteiger charge is 2.18. The van der Waals surface area contributed by atoms with Gasteiger partial charge in [0.1, 0.15) is 0 Å². The summed E-state index contributed by atoms with van der Waals surface area (Å²) in [5, 5.41) is 3.99. The van der Waals surface area contributed by atoms with Crippen molar-refractivity contribution in [1.29, 1.82) is 0 Å². The third kappa shape index (κ3) is 4.09. The molecule has 0 aromatic carbocycles. The maximum absolute atomic E-state index is 5.54. The summed E-state index contributed by atoms with van der Waals surface area (Å²) in [7, 11) is 0. The van der Waals surface area contributed by atoms with Crippen LogP contribution < -0.4 is 5.73 Å². The highest BCUT2D eigenvalue weighted by Crippen LogP contribution is 2.16. The van der Waals surface area contributed by atoms with Crippen LogP contribution >= 0.6 is 0 Å². The maximum atomic E-state index is 5.54. The highest BCUT2D eigenvalue weighted by molar-refractivity contribution is 4.89. The Hall–Kier alpha value is -0.940. The van der Waals surface area contributed by atoms with Crippen molar-refractivity contribution in [3.05, 3.63) is 11.7 Å². The second kappa shape index (κ2) is 6.71. The number of hydrogen-bond donors (Lipinski definition) is 1. The third-order valence-corrected chi connectivity index (χ3v) is 3.04. The van der Waals surface area contributed by atoms with Crippen LogP contribution in [-0.4, -0.2) is 29.4 Å². The molecule has 2 rings (SSSR count). The van der Waals surface area contributed by atoms with Gasteiger partial charge in [0.15, 0.2) is 5.82 Å². The van der Waals surface area contributed by atoms with Crippen LogP contribution in [0.2, 0.25) is 0 Å². The lowest BCUT2D eigenvalue weighted by atomic mass is 10.2. The van der Waals surface area contributed by atoms with Gasteiger partial charge >= 0.3 is 0 Å². The first-order valence-electron chi connectivity index (χ1n) is 6.51. The number of nitrogens with two attached hydrogens (primary N) is 1. The van der Waals surface area contributed by atoms with E-state index in [0.717, 1.165) is 69.8 Å². The SMILES string of the molecule is NCCCCCc1nc(CC2CCCO2)no1. The fourth-order valence-electron chi connectivity index (χ4n) is 2.08. The van der Waals surface area contributed by atoms with E-state index < -0.39 is 0 Å². The van der Waals surface area contributed by atoms with E-state index in [9.17, 15) is 0 Å². The average Bonchev–Trinajstić information content (AvgIpc) is 2.97. The zero-order chi connectivity index (χ0) is 11.9. The standard InChI is InChI=1S/C12H21N3O2/c13-7-3-1-2-6-12-14-11(15-17-12)9-10-5-4-8-16-10/h10H,1-9,13H2. The Balaban J connectivity index is 1.71. The molecule has 5 nitrogen and oxygen atoms in total. The van der Waals surface area contributed by atoms with Gasteiger partial charge in [0.2, 0.25) is 5.89 Å². The molecule has 1 saturated heterocycles. The van der Waals surface area contributed by atoms with E-state index >= 15 is 0 Å². The van der Waals surface area contributed by atoms with E-state index in [1.165, 1.54) is 0 Å². The van der Waals surface area contributed by atoms with Gasteiger partial charge in [0, 0.05) is 19.4 Å². The minimum atomic E-state index is 0.290. The Morgan fingerprint density at radius 3 is 3.00 bits per heavy atom. The van der Waals surface area contributed by atoms with Crippen molar-refractivity contribution in [2.24, 2.45) is 5.73 Å². The molecule has 1 fully saturated rings. The lowest BCUT2D eigenvalue weighted by Crippen LogP contribution is -2.09. The van der Waals surface area contributed by atoms with E-state index in [1.54, 1.807) is 0 Å². The van der Waals surface area contributed by atoms with Gasteiger partial charge in [-0.1, -0.05) is 11.6 Å². The van der Waals surface area contributed by atoms with Crippen LogP contribution in [0.15, 0.2) is 4.52 Å². The molecule has 0 amide bonds. The second-order valence-corrected chi connectivity index (χ2v) is 4.54. The second-order valence-electron chi connectivity index (χ2n) is 4.54. The Kier molecular flexibility index (Phi) is 4.94. The van der Waals surface area contributed by atoms with Crippen molar-refractivity contribution in [3.63, 3.8) is 0 Å². The Morgan fingerprint density at radius 1 is 1.29 bits per heavy atom. The molecule has 17 heavy (non-hydrogen) atoms. The lowest BCUT2D eigenvalue weighted by Gasteiger charge is -2.03. The molecule has 5 heteroatoms. The van der Waals surface area contributed by atoms with Crippen molar-refractivity contribution in [2.75, 3.05) is 13.2 Å². The first-order valence-corrected chi connectivity index (χ1v) is 6.51. The third-order valence-electron chi connectivity index (χ3n) is 3.04. The molecule has 1 aliphatic heterocycles. The molecule has 1 aromatic heterocycles. The molecule has 2 N–H and O–H groups in total. The van der Waals surface area contributed by atoms with Gasteiger partial charge in [-0.25, -0.2) is 0 Å². The molecule has 0 bridgehead atoms. The molecule has 1 aliphatic rings. The summed E-state index contributed by atoms with van der Waals surface area (Å²) in [6.45, 7) is 1.63. The van der Waals surface area contributed by atoms with Gasteiger partial charge in [-0.05, 0) is 32.2 Å². The number of ether oxygens (including phenoxy) is 1. The molecule has 0 saturated carbocycles. The van der Waals surface area contributed by atoms with Crippen LogP contribution in [0.4, 0.5) is 0 Å². The summed E-state index contributed by atoms with van der Waals surface area (Å²) in [6, 6.07) is 0. The normalized spacial score (nSPS) is 19.9. The van der Waals surface area contributed by atoms with Gasteiger partial charge in [0.25, 0.3) is 0 Å². The van der Waals surface area contributed by atoms with Crippen LogP contribution in [-0.2, 0) is 17.6 Å². The molecule has 1 unspecified atom stereocenters. The first-order chi connectivity index (χ1) is 8.38. The summed E-state index contributed by atoms with van der Waals surface area (Å²) in [6.07, 6.45) is 7.45. The molecule has 1 aromatic rings. The number of hydrogen-bond acceptors (Lipinski definition) is 5. The molecule has 2 heterocycles. The molecular weight excluding hydrogens is 218 g/mol. The molecule has 0 radical (unpaired) electrons. The quantitative estimate of drug-likeness (QED) is 0.729. The number of rotatable bonds is 7. The van der Waals surface area contributed by atoms with Crippen LogP contribution in [0, 0.1) is 0 Å². The summed E-state index contributed by atoms with van der Waals surface area (Å²) in [4.78, 5) is 4.38. The number of unbranched alkanes of at least 4 members (excludes halogenated alkanes) is 2. The summed E-state index contributed by atoms with van der Waals surface area (Å²) in [5.74, 6) is 1.53. The van der Waals surface area contributed by atoms with Gasteiger partial charge in [-0.3, -0.25) is 0 Å². The summed E-state index contributed by atoms with van der Waals surface area (Å²) in [5.41, 5.74) is 5.44. The summed E-state index contributed by atoms with van der Waals surface area (Å²) >= 11 is 0. The van der Waals surface area contributed by atoms with E-state index in [4.69, 9.17) is 15.0 Å². The van der Waals surface area contributed by atoms with Crippen LogP contribution in [0.5, 0.6) is 0 Å². The van der Waals surface area contributed by atoms with Crippen molar-refractivity contribution in [2.45, 2.75) is 51.0 Å². The zero-order valence-corrected chi connectivity index (χ0v) is 10.2. The zero-order valence-electron chi connectivity index (χ0n) is 10.2. The topological polar surface area (TPSA) is 74.2 Å². The van der Waals surface area contributed by atoms with Crippen molar-refractivity contribution in [1.82, 2.24) is 10.1 Å². The Bertz CT molecular complexity index is 321. The van der Waals surface area contributed by atoms with E-state index in [-0.39, 0.29) is 6.10 Å². The van der Waals surface area contributed by atoms with Crippen LogP contribution in [0.1, 0.15) is 43.8 Å². The Labute approximate surface area is 102 Å². The smallest absolute Gasteiger partial charge is 0.226 e. The monoisotopic (exact) mass is 239 g/mol. The molecule has 0 spiro atoms. The first kappa shape index (κ1) is 12.5. The minimum absolute atomic E-state index is 0.290. The number of nitrogens with zero attached hydrogens (tertiary/aromatic N) is 2. The number of aryl methyl sites for hydroxylation is 1. The Morgan fingerprint density at radius 2 is 2.24 bits per heavy atom. The van der Waals surface area contributed by atoms with Crippen molar-refractivity contribution < 1.29 is 9.26 Å². The van der Waals surface area contributed by atoms with Gasteiger partial charge in [-0.15, -0.1) is 0 Å². The fraction of sp³-hybridized carbons (Fsp3) is 0.833. The molecule has 0 aliphatic carbocycles. The van der Waals surface area contributed by atoms with Gasteiger partial charge in [-0.2, -0.15) is 4.98 Å².